The van der Waals surface area contributed by atoms with Gasteiger partial charge in [0.2, 0.25) is 0 Å². The van der Waals surface area contributed by atoms with Crippen LogP contribution in [0.4, 0.5) is 0 Å². The van der Waals surface area contributed by atoms with E-state index in [1.54, 1.807) is 0 Å². The highest BCUT2D eigenvalue weighted by Gasteiger charge is 2.25. The Morgan fingerprint density at radius 1 is 1.14 bits per heavy atom. The number of amides is 1. The standard InChI is InChI=1S/C18H27NO2/c1-14-10-12-17(13-11-14)21-15(2)18(20)19(3)16-8-6-4-5-7-9-16/h10-13,15-16H,4-9H2,1-3H3. The number of carbonyl (C=O) groups is 1. The van der Waals surface area contributed by atoms with E-state index in [2.05, 4.69) is 0 Å². The quantitative estimate of drug-likeness (QED) is 0.786. The topological polar surface area (TPSA) is 29.5 Å². The molecule has 1 amide bonds. The molecule has 3 heteroatoms. The van der Waals surface area contributed by atoms with Crippen molar-refractivity contribution in [2.75, 3.05) is 7.05 Å². The Bertz CT molecular complexity index is 447. The van der Waals surface area contributed by atoms with Gasteiger partial charge in [0.1, 0.15) is 5.75 Å². The summed E-state index contributed by atoms with van der Waals surface area (Å²) in [5.41, 5.74) is 1.19. The molecule has 1 aromatic rings. The van der Waals surface area contributed by atoms with Crippen molar-refractivity contribution in [3.8, 4) is 5.75 Å². The van der Waals surface area contributed by atoms with Crippen molar-refractivity contribution < 1.29 is 9.53 Å². The van der Waals surface area contributed by atoms with Crippen LogP contribution >= 0.6 is 0 Å². The largest absolute Gasteiger partial charge is 0.481 e. The molecule has 0 saturated heterocycles. The van der Waals surface area contributed by atoms with E-state index in [1.807, 2.05) is 50.1 Å². The van der Waals surface area contributed by atoms with Crippen molar-refractivity contribution in [1.82, 2.24) is 4.90 Å². The average molecular weight is 289 g/mol. The lowest BCUT2D eigenvalue weighted by Crippen LogP contribution is -2.43. The zero-order chi connectivity index (χ0) is 15.2. The fraction of sp³-hybridized carbons (Fsp3) is 0.611. The van der Waals surface area contributed by atoms with Crippen LogP contribution in [0.25, 0.3) is 0 Å². The fourth-order valence-corrected chi connectivity index (χ4v) is 2.98. The van der Waals surface area contributed by atoms with Gasteiger partial charge in [-0.2, -0.15) is 0 Å². The Kier molecular flexibility index (Phi) is 5.66. The van der Waals surface area contributed by atoms with Crippen molar-refractivity contribution in [2.45, 2.75) is 64.5 Å². The smallest absolute Gasteiger partial charge is 0.263 e. The molecule has 1 aromatic carbocycles. The maximum absolute atomic E-state index is 12.5. The van der Waals surface area contributed by atoms with E-state index in [4.69, 9.17) is 4.74 Å². The molecule has 116 valence electrons. The molecule has 2 rings (SSSR count). The minimum Gasteiger partial charge on any atom is -0.481 e. The van der Waals surface area contributed by atoms with E-state index in [0.29, 0.717) is 6.04 Å². The van der Waals surface area contributed by atoms with Crippen LogP contribution in [0.5, 0.6) is 5.75 Å². The van der Waals surface area contributed by atoms with Crippen LogP contribution in [0.1, 0.15) is 51.0 Å². The first-order valence-corrected chi connectivity index (χ1v) is 8.08. The van der Waals surface area contributed by atoms with Crippen molar-refractivity contribution in [1.29, 1.82) is 0 Å². The van der Waals surface area contributed by atoms with Crippen molar-refractivity contribution in [3.63, 3.8) is 0 Å². The molecule has 1 fully saturated rings. The lowest BCUT2D eigenvalue weighted by atomic mass is 10.1. The lowest BCUT2D eigenvalue weighted by Gasteiger charge is -2.29. The number of ether oxygens (including phenoxy) is 1. The second-order valence-corrected chi connectivity index (χ2v) is 6.17. The highest BCUT2D eigenvalue weighted by atomic mass is 16.5. The monoisotopic (exact) mass is 289 g/mol. The van der Waals surface area contributed by atoms with Crippen LogP contribution in [0.15, 0.2) is 24.3 Å². The van der Waals surface area contributed by atoms with Crippen LogP contribution in [0, 0.1) is 6.92 Å². The van der Waals surface area contributed by atoms with Crippen molar-refractivity contribution >= 4 is 5.91 Å². The number of rotatable bonds is 4. The number of aryl methyl sites for hydroxylation is 1. The van der Waals surface area contributed by atoms with Crippen LogP contribution in [0.3, 0.4) is 0 Å². The second-order valence-electron chi connectivity index (χ2n) is 6.17. The molecule has 1 aliphatic carbocycles. The summed E-state index contributed by atoms with van der Waals surface area (Å²) in [6, 6.07) is 8.22. The number of nitrogens with zero attached hydrogens (tertiary/aromatic N) is 1. The van der Waals surface area contributed by atoms with Gasteiger partial charge in [0.05, 0.1) is 0 Å². The van der Waals surface area contributed by atoms with Crippen molar-refractivity contribution in [3.05, 3.63) is 29.8 Å². The van der Waals surface area contributed by atoms with E-state index in [-0.39, 0.29) is 5.91 Å². The fourth-order valence-electron chi connectivity index (χ4n) is 2.98. The van der Waals surface area contributed by atoms with Crippen LogP contribution < -0.4 is 4.74 Å². The Morgan fingerprint density at radius 3 is 2.29 bits per heavy atom. The predicted molar refractivity (Wildman–Crippen MR) is 85.5 cm³/mol. The SMILES string of the molecule is Cc1ccc(OC(C)C(=O)N(C)C2CCCCCC2)cc1. The molecule has 0 aromatic heterocycles. The lowest BCUT2D eigenvalue weighted by molar-refractivity contribution is -0.139. The summed E-state index contributed by atoms with van der Waals surface area (Å²) in [6.07, 6.45) is 6.88. The van der Waals surface area contributed by atoms with Gasteiger partial charge in [-0.25, -0.2) is 0 Å². The van der Waals surface area contributed by atoms with Gasteiger partial charge in [0, 0.05) is 13.1 Å². The van der Waals surface area contributed by atoms with Crippen LogP contribution in [-0.4, -0.2) is 30.0 Å². The van der Waals surface area contributed by atoms with Gasteiger partial charge in [-0.1, -0.05) is 43.4 Å². The van der Waals surface area contributed by atoms with E-state index < -0.39 is 6.10 Å². The molecular weight excluding hydrogens is 262 g/mol. The maximum Gasteiger partial charge on any atom is 0.263 e. The number of carbonyl (C=O) groups excluding carboxylic acids is 1. The van der Waals surface area contributed by atoms with Gasteiger partial charge in [0.15, 0.2) is 6.10 Å². The molecule has 1 unspecified atom stereocenters. The molecule has 1 aliphatic rings. The molecule has 3 nitrogen and oxygen atoms in total. The van der Waals surface area contributed by atoms with Crippen LogP contribution in [-0.2, 0) is 4.79 Å². The number of hydrogen-bond acceptors (Lipinski definition) is 2. The first kappa shape index (κ1) is 15.9. The van der Waals surface area contributed by atoms with E-state index >= 15 is 0 Å². The molecule has 0 aliphatic heterocycles. The van der Waals surface area contributed by atoms with Gasteiger partial charge >= 0.3 is 0 Å². The molecule has 0 N–H and O–H groups in total. The first-order chi connectivity index (χ1) is 10.1. The summed E-state index contributed by atoms with van der Waals surface area (Å²) in [7, 11) is 1.92. The Hall–Kier alpha value is -1.51. The van der Waals surface area contributed by atoms with Gasteiger partial charge in [-0.15, -0.1) is 0 Å². The van der Waals surface area contributed by atoms with Crippen molar-refractivity contribution in [2.24, 2.45) is 0 Å². The zero-order valence-corrected chi connectivity index (χ0v) is 13.5. The van der Waals surface area contributed by atoms with Gasteiger partial charge < -0.3 is 9.64 Å². The third-order valence-electron chi connectivity index (χ3n) is 4.40. The average Bonchev–Trinajstić information content (AvgIpc) is 2.77. The molecular formula is C18H27NO2. The number of hydrogen-bond donors (Lipinski definition) is 0. The molecule has 1 atom stereocenters. The van der Waals surface area contributed by atoms with Gasteiger partial charge in [0.25, 0.3) is 5.91 Å². The van der Waals surface area contributed by atoms with E-state index in [9.17, 15) is 4.79 Å². The third-order valence-corrected chi connectivity index (χ3v) is 4.40. The van der Waals surface area contributed by atoms with E-state index in [1.165, 1.54) is 31.2 Å². The highest BCUT2D eigenvalue weighted by molar-refractivity contribution is 5.81. The Morgan fingerprint density at radius 2 is 1.71 bits per heavy atom. The summed E-state index contributed by atoms with van der Waals surface area (Å²) in [5, 5.41) is 0. The molecule has 0 spiro atoms. The predicted octanol–water partition coefficient (Wildman–Crippen LogP) is 3.94. The number of likely N-dealkylation sites (N-methyl/N-ethyl adjacent to an activating group) is 1. The zero-order valence-electron chi connectivity index (χ0n) is 13.5. The molecule has 0 heterocycles. The Balaban J connectivity index is 1.92. The Labute approximate surface area is 128 Å². The maximum atomic E-state index is 12.5. The highest BCUT2D eigenvalue weighted by Crippen LogP contribution is 2.22. The second kappa shape index (κ2) is 7.48. The molecule has 0 bridgehead atoms. The molecule has 21 heavy (non-hydrogen) atoms. The van der Waals surface area contributed by atoms with Crippen LogP contribution in [0.2, 0.25) is 0 Å². The summed E-state index contributed by atoms with van der Waals surface area (Å²) in [5.74, 6) is 0.846. The minimum absolute atomic E-state index is 0.0856. The first-order valence-electron chi connectivity index (χ1n) is 8.08. The van der Waals surface area contributed by atoms with Gasteiger partial charge in [-0.3, -0.25) is 4.79 Å². The molecule has 1 saturated carbocycles. The number of benzene rings is 1. The summed E-state index contributed by atoms with van der Waals surface area (Å²) in [6.45, 7) is 3.88. The minimum atomic E-state index is -0.430. The van der Waals surface area contributed by atoms with E-state index in [0.717, 1.165) is 18.6 Å². The third kappa shape index (κ3) is 4.48. The summed E-state index contributed by atoms with van der Waals surface area (Å²) in [4.78, 5) is 14.4. The summed E-state index contributed by atoms with van der Waals surface area (Å²) >= 11 is 0. The molecule has 0 radical (unpaired) electrons. The summed E-state index contributed by atoms with van der Waals surface area (Å²) < 4.78 is 5.78. The van der Waals surface area contributed by atoms with Gasteiger partial charge in [-0.05, 0) is 38.8 Å². The normalized spacial score (nSPS) is 17.9.